The molecule has 1 heterocycles. The van der Waals surface area contributed by atoms with Crippen LogP contribution in [0.1, 0.15) is 6.92 Å². The number of aliphatic hydroxyl groups excluding tert-OH is 3. The molecule has 134 valence electrons. The third kappa shape index (κ3) is 4.96. The number of amides is 2. The highest BCUT2D eigenvalue weighted by Gasteiger charge is 2.43. The number of ether oxygens (including phenoxy) is 2. The summed E-state index contributed by atoms with van der Waals surface area (Å²) in [7, 11) is 1.43. The van der Waals surface area contributed by atoms with Gasteiger partial charge in [0.2, 0.25) is 0 Å². The number of hydrogen-bond donors (Lipinski definition) is 3. The monoisotopic (exact) mass is 355 g/mol. The molecule has 1 aliphatic rings. The molecule has 1 rings (SSSR count). The molecule has 2 amide bonds. The van der Waals surface area contributed by atoms with Gasteiger partial charge in [-0.1, -0.05) is 0 Å². The lowest BCUT2D eigenvalue weighted by Crippen LogP contribution is -2.62. The van der Waals surface area contributed by atoms with Crippen LogP contribution in [0.15, 0.2) is 5.29 Å². The summed E-state index contributed by atoms with van der Waals surface area (Å²) in [4.78, 5) is 24.3. The van der Waals surface area contributed by atoms with Gasteiger partial charge in [-0.2, -0.15) is 5.01 Å². The van der Waals surface area contributed by atoms with Crippen LogP contribution in [0.5, 0.6) is 0 Å². The van der Waals surface area contributed by atoms with Crippen molar-refractivity contribution >= 4 is 17.6 Å². The fourth-order valence-electron chi connectivity index (χ4n) is 2.11. The molecule has 0 bridgehead atoms. The van der Waals surface area contributed by atoms with Crippen LogP contribution in [0.4, 0.5) is 4.79 Å². The van der Waals surface area contributed by atoms with E-state index in [1.807, 2.05) is 0 Å². The maximum Gasteiger partial charge on any atom is 0.345 e. The molecule has 1 fully saturated rings. The minimum Gasteiger partial charge on any atom is -0.388 e. The van der Waals surface area contributed by atoms with Crippen LogP contribution in [0.3, 0.4) is 0 Å². The highest BCUT2D eigenvalue weighted by Crippen LogP contribution is 2.21. The summed E-state index contributed by atoms with van der Waals surface area (Å²) in [5.41, 5.74) is 0. The molecular weight excluding hydrogens is 334 g/mol. The van der Waals surface area contributed by atoms with Gasteiger partial charge in [-0.05, 0) is 6.92 Å². The van der Waals surface area contributed by atoms with Gasteiger partial charge in [0.15, 0.2) is 6.23 Å². The third-order valence-corrected chi connectivity index (χ3v) is 3.67. The quantitative estimate of drug-likeness (QED) is 0.306. The molecule has 1 unspecified atom stereocenters. The Morgan fingerprint density at radius 3 is 2.61 bits per heavy atom. The second-order valence-corrected chi connectivity index (χ2v) is 5.53. The molecule has 0 radical (unpaired) electrons. The molecule has 0 spiro atoms. The van der Waals surface area contributed by atoms with E-state index in [0.29, 0.717) is 5.01 Å². The Kier molecular flexibility index (Phi) is 8.09. The summed E-state index contributed by atoms with van der Waals surface area (Å²) in [5.74, 6) is -0.0133. The molecule has 0 aromatic heterocycles. The number of nitroso groups, excluding NO2 is 1. The molecule has 1 aliphatic heterocycles. The van der Waals surface area contributed by atoms with E-state index in [1.54, 1.807) is 6.92 Å². The molecule has 23 heavy (non-hydrogen) atoms. The van der Waals surface area contributed by atoms with E-state index >= 15 is 0 Å². The van der Waals surface area contributed by atoms with Gasteiger partial charge >= 0.3 is 6.03 Å². The van der Waals surface area contributed by atoms with Crippen molar-refractivity contribution < 1.29 is 29.6 Å². The molecule has 5 atom stereocenters. The lowest BCUT2D eigenvalue weighted by Gasteiger charge is -2.42. The number of hydrogen-bond acceptors (Lipinski definition) is 8. The topological polar surface area (TPSA) is 132 Å². The second kappa shape index (κ2) is 9.30. The van der Waals surface area contributed by atoms with Crippen molar-refractivity contribution in [3.8, 4) is 0 Å². The van der Waals surface area contributed by atoms with Crippen LogP contribution >= 0.6 is 11.6 Å². The Hall–Kier alpha value is -1.04. The molecular formula is C12H22ClN3O7. The van der Waals surface area contributed by atoms with Crippen LogP contribution in [-0.4, -0.2) is 94.6 Å². The SMILES string of the molecule is COC(C)CN(C(=O)N(CCCl)N=O)[C@@H]1OC[C@@H](O)[C@@H](O)[C@@H]1O. The Morgan fingerprint density at radius 1 is 1.43 bits per heavy atom. The van der Waals surface area contributed by atoms with Gasteiger partial charge in [-0.25, -0.2) is 4.79 Å². The average Bonchev–Trinajstić information content (AvgIpc) is 2.55. The Morgan fingerprint density at radius 2 is 2.09 bits per heavy atom. The van der Waals surface area contributed by atoms with Gasteiger partial charge in [0, 0.05) is 13.0 Å². The summed E-state index contributed by atoms with van der Waals surface area (Å²) in [6.07, 6.45) is -6.04. The van der Waals surface area contributed by atoms with Gasteiger partial charge in [-0.3, -0.25) is 4.90 Å². The Bertz CT molecular complexity index is 403. The highest BCUT2D eigenvalue weighted by atomic mass is 35.5. The molecule has 10 nitrogen and oxygen atoms in total. The van der Waals surface area contributed by atoms with Gasteiger partial charge in [0.1, 0.15) is 18.3 Å². The first-order valence-corrected chi connectivity index (χ1v) is 7.56. The van der Waals surface area contributed by atoms with E-state index in [9.17, 15) is 25.0 Å². The lowest BCUT2D eigenvalue weighted by atomic mass is 10.0. The summed E-state index contributed by atoms with van der Waals surface area (Å²) in [6, 6.07) is -0.850. The van der Waals surface area contributed by atoms with Crippen molar-refractivity contribution in [1.29, 1.82) is 0 Å². The number of halogens is 1. The van der Waals surface area contributed by atoms with E-state index in [-0.39, 0.29) is 25.6 Å². The van der Waals surface area contributed by atoms with Crippen LogP contribution in [0, 0.1) is 4.91 Å². The van der Waals surface area contributed by atoms with E-state index < -0.39 is 36.7 Å². The minimum atomic E-state index is -1.56. The highest BCUT2D eigenvalue weighted by molar-refractivity contribution is 6.18. The molecule has 3 N–H and O–H groups in total. The van der Waals surface area contributed by atoms with Crippen molar-refractivity contribution in [2.24, 2.45) is 5.29 Å². The summed E-state index contributed by atoms with van der Waals surface area (Å²) >= 11 is 5.52. The zero-order chi connectivity index (χ0) is 17.6. The van der Waals surface area contributed by atoms with Crippen LogP contribution < -0.4 is 0 Å². The number of rotatable bonds is 7. The summed E-state index contributed by atoms with van der Waals surface area (Å²) in [6.45, 7) is 1.23. The van der Waals surface area contributed by atoms with Gasteiger partial charge < -0.3 is 24.8 Å². The fourth-order valence-corrected chi connectivity index (χ4v) is 2.27. The number of alkyl halides is 1. The zero-order valence-corrected chi connectivity index (χ0v) is 13.7. The first-order chi connectivity index (χ1) is 10.9. The van der Waals surface area contributed by atoms with E-state index in [4.69, 9.17) is 21.1 Å². The number of carbonyl (C=O) groups excluding carboxylic acids is 1. The predicted octanol–water partition coefficient (Wildman–Crippen LogP) is -0.895. The lowest BCUT2D eigenvalue weighted by molar-refractivity contribution is -0.222. The van der Waals surface area contributed by atoms with Crippen molar-refractivity contribution in [1.82, 2.24) is 9.91 Å². The molecule has 0 aliphatic carbocycles. The first-order valence-electron chi connectivity index (χ1n) is 7.03. The number of methoxy groups -OCH3 is 1. The summed E-state index contributed by atoms with van der Waals surface area (Å²) in [5, 5.41) is 32.5. The van der Waals surface area contributed by atoms with E-state index in [2.05, 4.69) is 5.29 Å². The number of carbonyl (C=O) groups is 1. The molecule has 11 heteroatoms. The van der Waals surface area contributed by atoms with Gasteiger partial charge in [0.25, 0.3) is 0 Å². The Balaban J connectivity index is 2.99. The maximum atomic E-state index is 12.5. The normalized spacial score (nSPS) is 29.0. The first kappa shape index (κ1) is 20.0. The van der Waals surface area contributed by atoms with Crippen molar-refractivity contribution in [3.63, 3.8) is 0 Å². The van der Waals surface area contributed by atoms with Crippen LogP contribution in [-0.2, 0) is 9.47 Å². The second-order valence-electron chi connectivity index (χ2n) is 5.15. The van der Waals surface area contributed by atoms with Crippen molar-refractivity contribution in [3.05, 3.63) is 4.91 Å². The van der Waals surface area contributed by atoms with Crippen molar-refractivity contribution in [2.75, 3.05) is 32.7 Å². The Labute approximate surface area is 138 Å². The smallest absolute Gasteiger partial charge is 0.345 e. The number of nitrogens with zero attached hydrogens (tertiary/aromatic N) is 3. The van der Waals surface area contributed by atoms with E-state index in [0.717, 1.165) is 4.90 Å². The van der Waals surface area contributed by atoms with Crippen LogP contribution in [0.25, 0.3) is 0 Å². The van der Waals surface area contributed by atoms with Gasteiger partial charge in [0.05, 0.1) is 31.1 Å². The fraction of sp³-hybridized carbons (Fsp3) is 0.917. The molecule has 0 aromatic rings. The molecule has 1 saturated heterocycles. The molecule has 0 saturated carbocycles. The maximum absolute atomic E-state index is 12.5. The van der Waals surface area contributed by atoms with Crippen molar-refractivity contribution in [2.45, 2.75) is 37.6 Å². The zero-order valence-electron chi connectivity index (χ0n) is 12.9. The average molecular weight is 356 g/mol. The van der Waals surface area contributed by atoms with Crippen LogP contribution in [0.2, 0.25) is 0 Å². The third-order valence-electron chi connectivity index (χ3n) is 3.50. The number of aliphatic hydroxyl groups is 3. The molecule has 0 aromatic carbocycles. The number of urea groups is 1. The van der Waals surface area contributed by atoms with E-state index in [1.165, 1.54) is 7.11 Å². The standard InChI is InChI=1S/C12H22ClN3O7/c1-7(22-2)5-15(12(20)16(14-21)4-3-13)11-10(19)9(18)8(17)6-23-11/h7-11,17-19H,3-6H2,1-2H3/t7?,8-,9-,10+,11-/m1/s1. The predicted molar refractivity (Wildman–Crippen MR) is 79.6 cm³/mol. The summed E-state index contributed by atoms with van der Waals surface area (Å²) < 4.78 is 10.3. The minimum absolute atomic E-state index is 0.0133. The largest absolute Gasteiger partial charge is 0.388 e. The van der Waals surface area contributed by atoms with Gasteiger partial charge in [-0.15, -0.1) is 16.5 Å².